The molecule has 1 unspecified atom stereocenters. The highest BCUT2D eigenvalue weighted by Crippen LogP contribution is 2.37. The molecule has 2 amide bonds. The smallest absolute Gasteiger partial charge is 0.230 e. The van der Waals surface area contributed by atoms with Crippen LogP contribution in [0.15, 0.2) is 73.1 Å². The molecular formula is C28H31N3O2. The van der Waals surface area contributed by atoms with Gasteiger partial charge in [0.05, 0.1) is 11.8 Å². The second-order valence-electron chi connectivity index (χ2n) is 9.32. The highest BCUT2D eigenvalue weighted by molar-refractivity contribution is 5.86. The molecule has 2 heterocycles. The Balaban J connectivity index is 1.55. The predicted octanol–water partition coefficient (Wildman–Crippen LogP) is 4.15. The van der Waals surface area contributed by atoms with Crippen molar-refractivity contribution in [2.45, 2.75) is 26.2 Å². The summed E-state index contributed by atoms with van der Waals surface area (Å²) in [7, 11) is 3.60. The van der Waals surface area contributed by atoms with Gasteiger partial charge in [0.1, 0.15) is 0 Å². The summed E-state index contributed by atoms with van der Waals surface area (Å²) in [6.45, 7) is 3.10. The molecule has 3 aromatic rings. The van der Waals surface area contributed by atoms with Gasteiger partial charge in [-0.1, -0.05) is 54.1 Å². The number of carbonyl (C=O) groups is 2. The first-order valence-corrected chi connectivity index (χ1v) is 11.4. The van der Waals surface area contributed by atoms with E-state index in [2.05, 4.69) is 23.2 Å². The standard InChI is InChI=1S/C28H31N3O2/c1-21-7-9-22(10-8-21)18-26(32)31-16-13-28(20-31,27(33)30(2)3)19-23-5-4-6-25(17-23)24-11-14-29-15-12-24/h4-12,14-15,17H,13,16,18-20H2,1-3H3. The largest absolute Gasteiger partial charge is 0.348 e. The monoisotopic (exact) mass is 441 g/mol. The van der Waals surface area contributed by atoms with Crippen molar-refractivity contribution in [3.63, 3.8) is 0 Å². The molecule has 1 fully saturated rings. The topological polar surface area (TPSA) is 53.5 Å². The number of benzene rings is 2. The molecule has 33 heavy (non-hydrogen) atoms. The third-order valence-electron chi connectivity index (χ3n) is 6.53. The number of aryl methyl sites for hydroxylation is 1. The number of pyridine rings is 1. The number of likely N-dealkylation sites (tertiary alicyclic amines) is 1. The molecule has 1 saturated heterocycles. The number of rotatable bonds is 6. The van der Waals surface area contributed by atoms with Gasteiger partial charge in [-0.05, 0) is 54.2 Å². The number of hydrogen-bond donors (Lipinski definition) is 0. The molecule has 0 radical (unpaired) electrons. The molecule has 0 aliphatic carbocycles. The average molecular weight is 442 g/mol. The van der Waals surface area contributed by atoms with Crippen LogP contribution in [0.5, 0.6) is 0 Å². The van der Waals surface area contributed by atoms with Crippen molar-refractivity contribution in [1.29, 1.82) is 0 Å². The summed E-state index contributed by atoms with van der Waals surface area (Å²) in [6.07, 6.45) is 5.21. The molecule has 5 nitrogen and oxygen atoms in total. The van der Waals surface area contributed by atoms with Crippen LogP contribution in [0.25, 0.3) is 11.1 Å². The third kappa shape index (κ3) is 5.14. The second-order valence-corrected chi connectivity index (χ2v) is 9.32. The molecule has 4 rings (SSSR count). The number of hydrogen-bond acceptors (Lipinski definition) is 3. The van der Waals surface area contributed by atoms with E-state index in [1.54, 1.807) is 31.4 Å². The molecule has 0 bridgehead atoms. The summed E-state index contributed by atoms with van der Waals surface area (Å²) in [5.41, 5.74) is 4.88. The maximum absolute atomic E-state index is 13.4. The van der Waals surface area contributed by atoms with E-state index >= 15 is 0 Å². The Morgan fingerprint density at radius 3 is 2.39 bits per heavy atom. The highest BCUT2D eigenvalue weighted by atomic mass is 16.2. The zero-order valence-electron chi connectivity index (χ0n) is 19.6. The van der Waals surface area contributed by atoms with Crippen molar-refractivity contribution < 1.29 is 9.59 Å². The molecule has 0 N–H and O–H groups in total. The number of carbonyl (C=O) groups excluding carboxylic acids is 2. The van der Waals surface area contributed by atoms with Crippen LogP contribution in [0.2, 0.25) is 0 Å². The Hall–Kier alpha value is -3.47. The van der Waals surface area contributed by atoms with E-state index in [9.17, 15) is 9.59 Å². The summed E-state index contributed by atoms with van der Waals surface area (Å²) in [6, 6.07) is 20.4. The van der Waals surface area contributed by atoms with E-state index in [0.29, 0.717) is 32.4 Å². The normalized spacial score (nSPS) is 17.7. The van der Waals surface area contributed by atoms with Crippen molar-refractivity contribution >= 4 is 11.8 Å². The average Bonchev–Trinajstić information content (AvgIpc) is 3.26. The minimum absolute atomic E-state index is 0.0813. The van der Waals surface area contributed by atoms with Crippen LogP contribution in [-0.4, -0.2) is 53.8 Å². The van der Waals surface area contributed by atoms with Crippen molar-refractivity contribution in [2.75, 3.05) is 27.2 Å². The van der Waals surface area contributed by atoms with Crippen molar-refractivity contribution in [1.82, 2.24) is 14.8 Å². The van der Waals surface area contributed by atoms with Crippen molar-refractivity contribution in [3.05, 3.63) is 89.7 Å². The van der Waals surface area contributed by atoms with Crippen LogP contribution in [0.1, 0.15) is 23.1 Å². The molecule has 1 aliphatic rings. The zero-order chi connectivity index (χ0) is 23.4. The fourth-order valence-corrected chi connectivity index (χ4v) is 4.74. The third-order valence-corrected chi connectivity index (χ3v) is 6.53. The zero-order valence-corrected chi connectivity index (χ0v) is 19.6. The molecular weight excluding hydrogens is 410 g/mol. The molecule has 1 aromatic heterocycles. The minimum atomic E-state index is -0.608. The Kier molecular flexibility index (Phi) is 6.59. The van der Waals surface area contributed by atoms with E-state index in [0.717, 1.165) is 22.3 Å². The Labute approximate surface area is 196 Å². The van der Waals surface area contributed by atoms with Crippen LogP contribution in [0.3, 0.4) is 0 Å². The lowest BCUT2D eigenvalue weighted by Crippen LogP contribution is -2.44. The van der Waals surface area contributed by atoms with Crippen molar-refractivity contribution in [2.24, 2.45) is 5.41 Å². The molecule has 1 aliphatic heterocycles. The van der Waals surface area contributed by atoms with E-state index in [-0.39, 0.29) is 11.8 Å². The fraction of sp³-hybridized carbons (Fsp3) is 0.321. The summed E-state index contributed by atoms with van der Waals surface area (Å²) < 4.78 is 0. The maximum atomic E-state index is 13.4. The van der Waals surface area contributed by atoms with Crippen LogP contribution < -0.4 is 0 Å². The van der Waals surface area contributed by atoms with Gasteiger partial charge in [0, 0.05) is 39.6 Å². The van der Waals surface area contributed by atoms with Gasteiger partial charge in [0.2, 0.25) is 11.8 Å². The summed E-state index contributed by atoms with van der Waals surface area (Å²) >= 11 is 0. The van der Waals surface area contributed by atoms with Gasteiger partial charge in [-0.2, -0.15) is 0 Å². The predicted molar refractivity (Wildman–Crippen MR) is 131 cm³/mol. The second kappa shape index (κ2) is 9.57. The maximum Gasteiger partial charge on any atom is 0.230 e. The lowest BCUT2D eigenvalue weighted by molar-refractivity contribution is -0.139. The first-order chi connectivity index (χ1) is 15.9. The summed E-state index contributed by atoms with van der Waals surface area (Å²) in [4.78, 5) is 34.1. The number of nitrogens with zero attached hydrogens (tertiary/aromatic N) is 3. The lowest BCUT2D eigenvalue weighted by Gasteiger charge is -2.31. The van der Waals surface area contributed by atoms with Gasteiger partial charge in [-0.3, -0.25) is 14.6 Å². The lowest BCUT2D eigenvalue weighted by atomic mass is 9.79. The fourth-order valence-electron chi connectivity index (χ4n) is 4.74. The van der Waals surface area contributed by atoms with Gasteiger partial charge in [0.15, 0.2) is 0 Å². The van der Waals surface area contributed by atoms with Gasteiger partial charge in [-0.25, -0.2) is 0 Å². The van der Waals surface area contributed by atoms with Crippen LogP contribution >= 0.6 is 0 Å². The van der Waals surface area contributed by atoms with E-state index in [1.807, 2.05) is 54.3 Å². The highest BCUT2D eigenvalue weighted by Gasteiger charge is 2.46. The Morgan fingerprint density at radius 2 is 1.70 bits per heavy atom. The van der Waals surface area contributed by atoms with E-state index in [4.69, 9.17) is 0 Å². The van der Waals surface area contributed by atoms with Gasteiger partial charge >= 0.3 is 0 Å². The molecule has 170 valence electrons. The van der Waals surface area contributed by atoms with Crippen LogP contribution in [-0.2, 0) is 22.4 Å². The van der Waals surface area contributed by atoms with Crippen molar-refractivity contribution in [3.8, 4) is 11.1 Å². The van der Waals surface area contributed by atoms with Crippen LogP contribution in [0, 0.1) is 12.3 Å². The first-order valence-electron chi connectivity index (χ1n) is 11.4. The minimum Gasteiger partial charge on any atom is -0.348 e. The van der Waals surface area contributed by atoms with Crippen LogP contribution in [0.4, 0.5) is 0 Å². The quantitative estimate of drug-likeness (QED) is 0.578. The Morgan fingerprint density at radius 1 is 0.970 bits per heavy atom. The molecule has 0 spiro atoms. The van der Waals surface area contributed by atoms with Gasteiger partial charge in [-0.15, -0.1) is 0 Å². The summed E-state index contributed by atoms with van der Waals surface area (Å²) in [5, 5.41) is 0. The molecule has 5 heteroatoms. The van der Waals surface area contributed by atoms with E-state index < -0.39 is 5.41 Å². The Bertz CT molecular complexity index is 1130. The molecule has 1 atom stereocenters. The molecule has 2 aromatic carbocycles. The van der Waals surface area contributed by atoms with Gasteiger partial charge in [0.25, 0.3) is 0 Å². The molecule has 0 saturated carbocycles. The summed E-state index contributed by atoms with van der Waals surface area (Å²) in [5.74, 6) is 0.167. The SMILES string of the molecule is Cc1ccc(CC(=O)N2CCC(Cc3cccc(-c4ccncc4)c3)(C(=O)N(C)C)C2)cc1. The first kappa shape index (κ1) is 22.7. The number of aromatic nitrogens is 1. The van der Waals surface area contributed by atoms with Gasteiger partial charge < -0.3 is 9.80 Å². The number of amides is 2. The van der Waals surface area contributed by atoms with E-state index in [1.165, 1.54) is 5.56 Å².